The summed E-state index contributed by atoms with van der Waals surface area (Å²) in [5, 5.41) is 13.7. The Morgan fingerprint density at radius 1 is 1.35 bits per heavy atom. The van der Waals surface area contributed by atoms with Gasteiger partial charge in [-0.1, -0.05) is 0 Å². The first kappa shape index (κ1) is 17.5. The van der Waals surface area contributed by atoms with Crippen molar-refractivity contribution in [2.45, 2.75) is 20.8 Å². The van der Waals surface area contributed by atoms with Crippen LogP contribution in [0.2, 0.25) is 0 Å². The van der Waals surface area contributed by atoms with Crippen LogP contribution in [0.3, 0.4) is 0 Å². The average Bonchev–Trinajstić information content (AvgIpc) is 2.92. The van der Waals surface area contributed by atoms with Crippen molar-refractivity contribution in [1.82, 2.24) is 14.8 Å². The van der Waals surface area contributed by atoms with E-state index in [-0.39, 0.29) is 11.7 Å². The molecule has 0 fully saturated rings. The number of rotatable bonds is 5. The molecule has 3 rings (SSSR count). The number of aromatic nitrogens is 2. The summed E-state index contributed by atoms with van der Waals surface area (Å²) in [6, 6.07) is 8.68. The van der Waals surface area contributed by atoms with Crippen molar-refractivity contribution in [3.8, 4) is 11.5 Å². The smallest absolute Gasteiger partial charge is 0.290 e. The molecule has 0 spiro atoms. The van der Waals surface area contributed by atoms with Crippen molar-refractivity contribution in [3.63, 3.8) is 0 Å². The third-order valence-electron chi connectivity index (χ3n) is 3.83. The van der Waals surface area contributed by atoms with Crippen LogP contribution in [0, 0.1) is 13.8 Å². The fraction of sp³-hybridized carbons (Fsp3) is 0.211. The van der Waals surface area contributed by atoms with Gasteiger partial charge in [0.25, 0.3) is 5.91 Å². The lowest BCUT2D eigenvalue weighted by molar-refractivity contribution is 0.0948. The first-order chi connectivity index (χ1) is 12.5. The van der Waals surface area contributed by atoms with E-state index in [1.807, 2.05) is 32.2 Å². The Labute approximate surface area is 151 Å². The molecule has 2 aromatic heterocycles. The van der Waals surface area contributed by atoms with E-state index in [1.54, 1.807) is 23.5 Å². The normalized spacial score (nSPS) is 11.2. The van der Waals surface area contributed by atoms with Crippen LogP contribution in [0.4, 0.5) is 0 Å². The summed E-state index contributed by atoms with van der Waals surface area (Å²) in [6.45, 7) is 6.04. The number of hydrogen-bond donors (Lipinski definition) is 2. The Balaban J connectivity index is 1.78. The molecule has 0 aliphatic heterocycles. The zero-order valence-corrected chi connectivity index (χ0v) is 14.9. The molecule has 3 aromatic rings. The third kappa shape index (κ3) is 3.51. The van der Waals surface area contributed by atoms with Crippen LogP contribution in [0.25, 0.3) is 5.65 Å². The molecule has 0 aliphatic rings. The van der Waals surface area contributed by atoms with E-state index < -0.39 is 0 Å². The SMILES string of the molecule is CCOc1cc(/C=N/NC(=O)c2c(C)nc3cc(C)ccn23)ccc1O. The van der Waals surface area contributed by atoms with Gasteiger partial charge >= 0.3 is 0 Å². The van der Waals surface area contributed by atoms with Gasteiger partial charge in [-0.25, -0.2) is 10.4 Å². The number of hydrazone groups is 1. The number of hydrogen-bond acceptors (Lipinski definition) is 5. The molecule has 26 heavy (non-hydrogen) atoms. The molecule has 134 valence electrons. The number of aryl methyl sites for hydroxylation is 2. The molecule has 0 bridgehead atoms. The fourth-order valence-electron chi connectivity index (χ4n) is 2.64. The second kappa shape index (κ2) is 7.26. The maximum Gasteiger partial charge on any atom is 0.290 e. The number of phenols is 1. The molecule has 0 aliphatic carbocycles. The minimum absolute atomic E-state index is 0.0599. The summed E-state index contributed by atoms with van der Waals surface area (Å²) in [5.74, 6) is 0.0828. The van der Waals surface area contributed by atoms with E-state index in [0.717, 1.165) is 11.2 Å². The zero-order chi connectivity index (χ0) is 18.7. The summed E-state index contributed by atoms with van der Waals surface area (Å²) in [6.07, 6.45) is 3.31. The molecule has 0 atom stereocenters. The molecule has 0 unspecified atom stereocenters. The molecule has 1 amide bonds. The lowest BCUT2D eigenvalue weighted by Gasteiger charge is -2.06. The third-order valence-corrected chi connectivity index (χ3v) is 3.83. The predicted octanol–water partition coefficient (Wildman–Crippen LogP) is 2.82. The van der Waals surface area contributed by atoms with Gasteiger partial charge in [0.05, 0.1) is 18.5 Å². The lowest BCUT2D eigenvalue weighted by atomic mass is 10.2. The minimum Gasteiger partial charge on any atom is -0.504 e. The Hall–Kier alpha value is -3.35. The van der Waals surface area contributed by atoms with Crippen molar-refractivity contribution < 1.29 is 14.6 Å². The summed E-state index contributed by atoms with van der Waals surface area (Å²) in [5.41, 5.74) is 6.07. The quantitative estimate of drug-likeness (QED) is 0.546. The van der Waals surface area contributed by atoms with Gasteiger partial charge in [0.15, 0.2) is 11.5 Å². The van der Waals surface area contributed by atoms with Gasteiger partial charge in [-0.3, -0.25) is 9.20 Å². The number of carbonyl (C=O) groups is 1. The highest BCUT2D eigenvalue weighted by atomic mass is 16.5. The van der Waals surface area contributed by atoms with E-state index in [1.165, 1.54) is 12.3 Å². The fourth-order valence-corrected chi connectivity index (χ4v) is 2.64. The van der Waals surface area contributed by atoms with Crippen LogP contribution < -0.4 is 10.2 Å². The Morgan fingerprint density at radius 3 is 2.92 bits per heavy atom. The van der Waals surface area contributed by atoms with Gasteiger partial charge in [0.2, 0.25) is 0 Å². The average molecular weight is 352 g/mol. The largest absolute Gasteiger partial charge is 0.504 e. The second-order valence-electron chi connectivity index (χ2n) is 5.84. The Kier molecular flexibility index (Phi) is 4.88. The number of amides is 1. The van der Waals surface area contributed by atoms with E-state index >= 15 is 0 Å². The molecular formula is C19H20N4O3. The van der Waals surface area contributed by atoms with Gasteiger partial charge < -0.3 is 9.84 Å². The van der Waals surface area contributed by atoms with Crippen molar-refractivity contribution in [2.75, 3.05) is 6.61 Å². The molecule has 7 nitrogen and oxygen atoms in total. The first-order valence-electron chi connectivity index (χ1n) is 8.24. The van der Waals surface area contributed by atoms with Crippen LogP contribution >= 0.6 is 0 Å². The Morgan fingerprint density at radius 2 is 2.15 bits per heavy atom. The second-order valence-corrected chi connectivity index (χ2v) is 5.84. The van der Waals surface area contributed by atoms with Gasteiger partial charge in [-0.05, 0) is 62.2 Å². The standard InChI is InChI=1S/C19H20N4O3/c1-4-26-16-10-14(5-6-15(16)24)11-20-22-19(25)18-13(3)21-17-9-12(2)7-8-23(17)18/h5-11,24H,4H2,1-3H3,(H,22,25)/b20-11+. The molecular weight excluding hydrogens is 332 g/mol. The molecule has 2 heterocycles. The van der Waals surface area contributed by atoms with Crippen LogP contribution in [0.5, 0.6) is 11.5 Å². The van der Waals surface area contributed by atoms with Crippen molar-refractivity contribution in [2.24, 2.45) is 5.10 Å². The van der Waals surface area contributed by atoms with Crippen molar-refractivity contribution in [3.05, 3.63) is 59.0 Å². The van der Waals surface area contributed by atoms with Crippen LogP contribution in [0.1, 0.15) is 34.2 Å². The van der Waals surface area contributed by atoms with E-state index in [9.17, 15) is 9.90 Å². The van der Waals surface area contributed by atoms with E-state index in [2.05, 4.69) is 15.5 Å². The van der Waals surface area contributed by atoms with Crippen LogP contribution in [-0.4, -0.2) is 33.2 Å². The number of aromatic hydroxyl groups is 1. The number of phenolic OH excluding ortho intramolecular Hbond substituents is 1. The number of nitrogens with zero attached hydrogens (tertiary/aromatic N) is 3. The van der Waals surface area contributed by atoms with Crippen molar-refractivity contribution >= 4 is 17.8 Å². The summed E-state index contributed by atoms with van der Waals surface area (Å²) in [7, 11) is 0. The number of ether oxygens (including phenoxy) is 1. The van der Waals surface area contributed by atoms with Gasteiger partial charge in [0, 0.05) is 6.20 Å². The molecule has 1 aromatic carbocycles. The number of fused-ring (bicyclic) bond motifs is 1. The van der Waals surface area contributed by atoms with Gasteiger partial charge in [0.1, 0.15) is 11.3 Å². The number of benzene rings is 1. The van der Waals surface area contributed by atoms with E-state index in [4.69, 9.17) is 4.74 Å². The maximum atomic E-state index is 12.5. The maximum absolute atomic E-state index is 12.5. The van der Waals surface area contributed by atoms with Gasteiger partial charge in [-0.15, -0.1) is 0 Å². The Bertz CT molecular complexity index is 992. The monoisotopic (exact) mass is 352 g/mol. The summed E-state index contributed by atoms with van der Waals surface area (Å²) >= 11 is 0. The highest BCUT2D eigenvalue weighted by Gasteiger charge is 2.16. The molecule has 0 saturated heterocycles. The predicted molar refractivity (Wildman–Crippen MR) is 99.0 cm³/mol. The molecule has 2 N–H and O–H groups in total. The highest BCUT2D eigenvalue weighted by molar-refractivity contribution is 5.95. The minimum atomic E-state index is -0.348. The summed E-state index contributed by atoms with van der Waals surface area (Å²) < 4.78 is 7.06. The van der Waals surface area contributed by atoms with Crippen LogP contribution in [-0.2, 0) is 0 Å². The molecule has 7 heteroatoms. The number of nitrogens with one attached hydrogen (secondary N) is 1. The number of pyridine rings is 1. The lowest BCUT2D eigenvalue weighted by Crippen LogP contribution is -2.20. The molecule has 0 radical (unpaired) electrons. The molecule has 0 saturated carbocycles. The highest BCUT2D eigenvalue weighted by Crippen LogP contribution is 2.26. The number of imidazole rings is 1. The topological polar surface area (TPSA) is 88.2 Å². The van der Waals surface area contributed by atoms with Gasteiger partial charge in [-0.2, -0.15) is 5.10 Å². The first-order valence-corrected chi connectivity index (χ1v) is 8.24. The number of carbonyl (C=O) groups excluding carboxylic acids is 1. The zero-order valence-electron chi connectivity index (χ0n) is 14.9. The van der Waals surface area contributed by atoms with Crippen LogP contribution in [0.15, 0.2) is 41.6 Å². The van der Waals surface area contributed by atoms with Crippen molar-refractivity contribution in [1.29, 1.82) is 0 Å². The summed E-state index contributed by atoms with van der Waals surface area (Å²) in [4.78, 5) is 16.9. The van der Waals surface area contributed by atoms with E-state index in [0.29, 0.717) is 29.3 Å².